The Morgan fingerprint density at radius 3 is 2.68 bits per heavy atom. The molecule has 0 aliphatic carbocycles. The summed E-state index contributed by atoms with van der Waals surface area (Å²) in [5.74, 6) is -1.17. The van der Waals surface area contributed by atoms with Crippen molar-refractivity contribution < 1.29 is 14.3 Å². The first-order chi connectivity index (χ1) is 8.99. The SMILES string of the molecule is CC(C)c1nc(-c2cccc(F)c2)ncc1C(=O)O. The van der Waals surface area contributed by atoms with E-state index >= 15 is 0 Å². The Balaban J connectivity index is 2.55. The Hall–Kier alpha value is -2.30. The van der Waals surface area contributed by atoms with Gasteiger partial charge in [0.15, 0.2) is 5.82 Å². The largest absolute Gasteiger partial charge is 0.478 e. The van der Waals surface area contributed by atoms with Crippen molar-refractivity contribution in [3.05, 3.63) is 47.5 Å². The number of benzene rings is 1. The van der Waals surface area contributed by atoms with E-state index in [4.69, 9.17) is 5.11 Å². The van der Waals surface area contributed by atoms with Gasteiger partial charge in [-0.05, 0) is 18.1 Å². The maximum absolute atomic E-state index is 13.2. The van der Waals surface area contributed by atoms with Crippen LogP contribution in [0.1, 0.15) is 35.8 Å². The lowest BCUT2D eigenvalue weighted by Gasteiger charge is -2.10. The lowest BCUT2D eigenvalue weighted by molar-refractivity contribution is 0.0694. The maximum Gasteiger partial charge on any atom is 0.339 e. The van der Waals surface area contributed by atoms with E-state index in [2.05, 4.69) is 9.97 Å². The number of hydrogen-bond donors (Lipinski definition) is 1. The molecule has 0 saturated heterocycles. The van der Waals surface area contributed by atoms with E-state index in [1.165, 1.54) is 18.3 Å². The number of aromatic nitrogens is 2. The number of rotatable bonds is 3. The van der Waals surface area contributed by atoms with Gasteiger partial charge in [-0.25, -0.2) is 19.2 Å². The Kier molecular flexibility index (Phi) is 3.55. The molecule has 0 radical (unpaired) electrons. The van der Waals surface area contributed by atoms with Gasteiger partial charge < -0.3 is 5.11 Å². The lowest BCUT2D eigenvalue weighted by Crippen LogP contribution is -2.08. The van der Waals surface area contributed by atoms with Crippen LogP contribution >= 0.6 is 0 Å². The minimum Gasteiger partial charge on any atom is -0.478 e. The minimum atomic E-state index is -1.06. The Labute approximate surface area is 110 Å². The maximum atomic E-state index is 13.2. The van der Waals surface area contributed by atoms with Gasteiger partial charge in [0.2, 0.25) is 0 Å². The summed E-state index contributed by atoms with van der Waals surface area (Å²) in [5, 5.41) is 9.08. The van der Waals surface area contributed by atoms with Crippen LogP contribution in [0.2, 0.25) is 0 Å². The third-order valence-electron chi connectivity index (χ3n) is 2.68. The van der Waals surface area contributed by atoms with Gasteiger partial charge in [-0.3, -0.25) is 0 Å². The number of hydrogen-bond acceptors (Lipinski definition) is 3. The summed E-state index contributed by atoms with van der Waals surface area (Å²) in [5.41, 5.74) is 1.05. The van der Waals surface area contributed by atoms with Crippen molar-refractivity contribution in [1.29, 1.82) is 0 Å². The van der Waals surface area contributed by atoms with Gasteiger partial charge in [-0.15, -0.1) is 0 Å². The molecule has 98 valence electrons. The molecule has 0 aliphatic rings. The van der Waals surface area contributed by atoms with Crippen LogP contribution in [0.4, 0.5) is 4.39 Å². The van der Waals surface area contributed by atoms with Crippen molar-refractivity contribution in [2.45, 2.75) is 19.8 Å². The molecular weight excluding hydrogens is 247 g/mol. The topological polar surface area (TPSA) is 63.1 Å². The normalized spacial score (nSPS) is 10.7. The number of carboxylic acids is 1. The summed E-state index contributed by atoms with van der Waals surface area (Å²) >= 11 is 0. The average molecular weight is 260 g/mol. The average Bonchev–Trinajstić information content (AvgIpc) is 2.37. The van der Waals surface area contributed by atoms with Gasteiger partial charge in [0, 0.05) is 11.8 Å². The Morgan fingerprint density at radius 1 is 1.37 bits per heavy atom. The third kappa shape index (κ3) is 2.76. The van der Waals surface area contributed by atoms with Crippen molar-refractivity contribution in [1.82, 2.24) is 9.97 Å². The molecule has 0 fully saturated rings. The van der Waals surface area contributed by atoms with E-state index in [9.17, 15) is 9.18 Å². The summed E-state index contributed by atoms with van der Waals surface area (Å²) in [6, 6.07) is 5.90. The molecule has 0 spiro atoms. The predicted octanol–water partition coefficient (Wildman–Crippen LogP) is 3.10. The van der Waals surface area contributed by atoms with E-state index < -0.39 is 5.97 Å². The van der Waals surface area contributed by atoms with Crippen LogP contribution in [-0.4, -0.2) is 21.0 Å². The van der Waals surface area contributed by atoms with E-state index in [1.54, 1.807) is 12.1 Å². The molecule has 0 aliphatic heterocycles. The molecule has 0 bridgehead atoms. The quantitative estimate of drug-likeness (QED) is 0.921. The highest BCUT2D eigenvalue weighted by molar-refractivity contribution is 5.88. The second-order valence-electron chi connectivity index (χ2n) is 4.46. The Morgan fingerprint density at radius 2 is 2.11 bits per heavy atom. The van der Waals surface area contributed by atoms with Crippen LogP contribution in [0.5, 0.6) is 0 Å². The van der Waals surface area contributed by atoms with Crippen LogP contribution in [0.15, 0.2) is 30.5 Å². The summed E-state index contributed by atoms with van der Waals surface area (Å²) in [4.78, 5) is 19.3. The van der Waals surface area contributed by atoms with Gasteiger partial charge in [-0.2, -0.15) is 0 Å². The molecule has 2 rings (SSSR count). The van der Waals surface area contributed by atoms with Crippen LogP contribution in [0, 0.1) is 5.82 Å². The molecule has 5 heteroatoms. The van der Waals surface area contributed by atoms with Crippen LogP contribution in [0.3, 0.4) is 0 Å². The van der Waals surface area contributed by atoms with Crippen LogP contribution in [-0.2, 0) is 0 Å². The highest BCUT2D eigenvalue weighted by Crippen LogP contribution is 2.21. The van der Waals surface area contributed by atoms with E-state index in [1.807, 2.05) is 13.8 Å². The number of carbonyl (C=O) groups is 1. The molecule has 1 aromatic heterocycles. The van der Waals surface area contributed by atoms with Gasteiger partial charge >= 0.3 is 5.97 Å². The first-order valence-corrected chi connectivity index (χ1v) is 5.85. The molecule has 1 N–H and O–H groups in total. The minimum absolute atomic E-state index is 0.0543. The molecule has 19 heavy (non-hydrogen) atoms. The van der Waals surface area contributed by atoms with Gasteiger partial charge in [0.1, 0.15) is 5.82 Å². The molecule has 1 heterocycles. The molecule has 4 nitrogen and oxygen atoms in total. The summed E-state index contributed by atoms with van der Waals surface area (Å²) < 4.78 is 13.2. The second-order valence-corrected chi connectivity index (χ2v) is 4.46. The summed E-state index contributed by atoms with van der Waals surface area (Å²) in [6.07, 6.45) is 1.27. The number of aromatic carboxylic acids is 1. The fourth-order valence-electron chi connectivity index (χ4n) is 1.77. The van der Waals surface area contributed by atoms with E-state index in [0.717, 1.165) is 0 Å². The van der Waals surface area contributed by atoms with Gasteiger partial charge in [-0.1, -0.05) is 26.0 Å². The molecule has 0 unspecified atom stereocenters. The molecule has 2 aromatic rings. The van der Waals surface area contributed by atoms with Crippen LogP contribution in [0.25, 0.3) is 11.4 Å². The Bertz CT molecular complexity index is 627. The number of halogens is 1. The standard InChI is InChI=1S/C14H13FN2O2/c1-8(2)12-11(14(18)19)7-16-13(17-12)9-4-3-5-10(15)6-9/h3-8H,1-2H3,(H,18,19). The molecule has 1 aromatic carbocycles. The van der Waals surface area contributed by atoms with E-state index in [0.29, 0.717) is 17.1 Å². The summed E-state index contributed by atoms with van der Waals surface area (Å²) in [6.45, 7) is 3.70. The smallest absolute Gasteiger partial charge is 0.339 e. The monoisotopic (exact) mass is 260 g/mol. The summed E-state index contributed by atoms with van der Waals surface area (Å²) in [7, 11) is 0. The molecular formula is C14H13FN2O2. The number of nitrogens with zero attached hydrogens (tertiary/aromatic N) is 2. The zero-order chi connectivity index (χ0) is 14.0. The van der Waals surface area contributed by atoms with Crippen molar-refractivity contribution in [2.75, 3.05) is 0 Å². The van der Waals surface area contributed by atoms with Crippen LogP contribution < -0.4 is 0 Å². The number of carboxylic acid groups (broad SMARTS) is 1. The molecule has 0 atom stereocenters. The van der Waals surface area contributed by atoms with Gasteiger partial charge in [0.05, 0.1) is 11.3 Å². The first kappa shape index (κ1) is 13.1. The molecule has 0 saturated carbocycles. The van der Waals surface area contributed by atoms with Crippen molar-refractivity contribution in [3.8, 4) is 11.4 Å². The van der Waals surface area contributed by atoms with E-state index in [-0.39, 0.29) is 17.3 Å². The second kappa shape index (κ2) is 5.14. The third-order valence-corrected chi connectivity index (χ3v) is 2.68. The van der Waals surface area contributed by atoms with Crippen molar-refractivity contribution in [2.24, 2.45) is 0 Å². The highest BCUT2D eigenvalue weighted by atomic mass is 19.1. The predicted molar refractivity (Wildman–Crippen MR) is 68.5 cm³/mol. The van der Waals surface area contributed by atoms with Gasteiger partial charge in [0.25, 0.3) is 0 Å². The molecule has 0 amide bonds. The zero-order valence-electron chi connectivity index (χ0n) is 10.6. The fraction of sp³-hybridized carbons (Fsp3) is 0.214. The van der Waals surface area contributed by atoms with Crippen molar-refractivity contribution >= 4 is 5.97 Å². The zero-order valence-corrected chi connectivity index (χ0v) is 10.6. The lowest BCUT2D eigenvalue weighted by atomic mass is 10.0. The highest BCUT2D eigenvalue weighted by Gasteiger charge is 2.16. The fourth-order valence-corrected chi connectivity index (χ4v) is 1.77. The first-order valence-electron chi connectivity index (χ1n) is 5.85. The van der Waals surface area contributed by atoms with Crippen molar-refractivity contribution in [3.63, 3.8) is 0 Å².